The van der Waals surface area contributed by atoms with E-state index >= 15 is 0 Å². The Bertz CT molecular complexity index is 1090. The van der Waals surface area contributed by atoms with Gasteiger partial charge in [-0.15, -0.1) is 0 Å². The molecular weight excluding hydrogens is 416 g/mol. The molecule has 0 radical (unpaired) electrons. The largest absolute Gasteiger partial charge is 0.441 e. The maximum Gasteiger partial charge on any atom is 0.407 e. The first-order chi connectivity index (χ1) is 15.0. The first-order valence-electron chi connectivity index (χ1n) is 10.4. The molecule has 2 aromatic carbocycles. The third kappa shape index (κ3) is 3.75. The van der Waals surface area contributed by atoms with Crippen LogP contribution in [0.5, 0.6) is 0 Å². The van der Waals surface area contributed by atoms with Crippen LogP contribution in [-0.4, -0.2) is 43.6 Å². The second kappa shape index (κ2) is 7.78. The van der Waals surface area contributed by atoms with E-state index in [2.05, 4.69) is 10.0 Å². The molecule has 1 amide bonds. The van der Waals surface area contributed by atoms with Gasteiger partial charge in [-0.3, -0.25) is 0 Å². The topological polar surface area (TPSA) is 93.7 Å². The van der Waals surface area contributed by atoms with Crippen LogP contribution in [0.2, 0.25) is 0 Å². The average molecular weight is 441 g/mol. The Morgan fingerprint density at radius 2 is 1.77 bits per heavy atom. The lowest BCUT2D eigenvalue weighted by Crippen LogP contribution is -2.69. The molecule has 3 heterocycles. The lowest BCUT2D eigenvalue weighted by atomic mass is 9.83. The molecule has 5 rings (SSSR count). The van der Waals surface area contributed by atoms with Crippen LogP contribution >= 0.6 is 0 Å². The minimum atomic E-state index is -3.63. The fraction of sp³-hybridized carbons (Fsp3) is 0.348. The van der Waals surface area contributed by atoms with Gasteiger partial charge in [0, 0.05) is 6.54 Å². The van der Waals surface area contributed by atoms with Crippen molar-refractivity contribution in [1.82, 2.24) is 10.0 Å². The van der Waals surface area contributed by atoms with Gasteiger partial charge in [-0.05, 0) is 30.0 Å². The number of carbonyl (C=O) groups is 1. The molecule has 0 aliphatic carbocycles. The Kier molecular flexibility index (Phi) is 5.08. The number of ether oxygens (including phenoxy) is 2. The fourth-order valence-electron chi connectivity index (χ4n) is 4.81. The number of hydrogen-bond donors (Lipinski definition) is 2. The van der Waals surface area contributed by atoms with Crippen molar-refractivity contribution in [3.63, 3.8) is 0 Å². The highest BCUT2D eigenvalue weighted by atomic mass is 32.2. The molecule has 2 fully saturated rings. The van der Waals surface area contributed by atoms with Crippen LogP contribution in [0.1, 0.15) is 17.5 Å². The highest BCUT2D eigenvalue weighted by Gasteiger charge is 2.66. The first kappa shape index (κ1) is 20.2. The zero-order valence-corrected chi connectivity index (χ0v) is 17.6. The van der Waals surface area contributed by atoms with E-state index in [1.807, 2.05) is 66.7 Å². The Balaban J connectivity index is 1.40. The number of sulfonamides is 1. The van der Waals surface area contributed by atoms with Gasteiger partial charge in [0.2, 0.25) is 10.0 Å². The van der Waals surface area contributed by atoms with Gasteiger partial charge in [0.15, 0.2) is 6.10 Å². The van der Waals surface area contributed by atoms with Crippen LogP contribution in [0.4, 0.5) is 4.79 Å². The predicted molar refractivity (Wildman–Crippen MR) is 115 cm³/mol. The van der Waals surface area contributed by atoms with Gasteiger partial charge in [-0.2, -0.15) is 0 Å². The minimum absolute atomic E-state index is 0.282. The molecule has 0 saturated carbocycles. The molecule has 0 unspecified atom stereocenters. The molecule has 1 spiro atoms. The summed E-state index contributed by atoms with van der Waals surface area (Å²) in [4.78, 5) is 12.7. The van der Waals surface area contributed by atoms with E-state index in [0.717, 1.165) is 11.1 Å². The molecule has 8 heteroatoms. The Hall–Kier alpha value is -2.68. The SMILES string of the molecule is O=C(NCc1ccccc1)O[C@H]1[C@H](Cc2ccccc2)NS(=O)(=O)[C@H]2C[C@@H]3C=C[C@]12O3. The van der Waals surface area contributed by atoms with Crippen LogP contribution in [0.25, 0.3) is 0 Å². The second-order valence-corrected chi connectivity index (χ2v) is 10.1. The molecule has 2 aromatic rings. The molecule has 31 heavy (non-hydrogen) atoms. The number of alkyl carbamates (subject to hydrolysis) is 1. The summed E-state index contributed by atoms with van der Waals surface area (Å²) in [5, 5.41) is 1.98. The number of fused-ring (bicyclic) bond motifs is 1. The molecule has 2 saturated heterocycles. The Morgan fingerprint density at radius 3 is 2.45 bits per heavy atom. The average Bonchev–Trinajstić information content (AvgIpc) is 3.37. The van der Waals surface area contributed by atoms with Crippen molar-refractivity contribution in [2.24, 2.45) is 0 Å². The highest BCUT2D eigenvalue weighted by molar-refractivity contribution is 7.90. The molecule has 3 aliphatic rings. The minimum Gasteiger partial charge on any atom is -0.441 e. The van der Waals surface area contributed by atoms with Gasteiger partial charge in [0.1, 0.15) is 10.9 Å². The van der Waals surface area contributed by atoms with Gasteiger partial charge in [-0.25, -0.2) is 17.9 Å². The third-order valence-electron chi connectivity index (χ3n) is 6.19. The van der Waals surface area contributed by atoms with Gasteiger partial charge >= 0.3 is 6.09 Å². The molecule has 0 aromatic heterocycles. The summed E-state index contributed by atoms with van der Waals surface area (Å²) in [7, 11) is -3.63. The van der Waals surface area contributed by atoms with Crippen molar-refractivity contribution >= 4 is 16.1 Å². The van der Waals surface area contributed by atoms with Crippen molar-refractivity contribution < 1.29 is 22.7 Å². The van der Waals surface area contributed by atoms with E-state index in [1.165, 1.54) is 0 Å². The maximum atomic E-state index is 13.0. The summed E-state index contributed by atoms with van der Waals surface area (Å²) in [5.74, 6) is 0. The normalized spacial score (nSPS) is 32.4. The predicted octanol–water partition coefficient (Wildman–Crippen LogP) is 2.29. The summed E-state index contributed by atoms with van der Waals surface area (Å²) >= 11 is 0. The standard InChI is InChI=1S/C23H24N2O5S/c26-22(24-15-17-9-5-2-6-10-17)29-21-19(13-16-7-3-1-4-8-16)25-31(27,28)20-14-18-11-12-23(20,21)30-18/h1-12,18-21,25H,13-15H2,(H,24,26)/t18-,19-,20-,21-,23+/m0/s1. The summed E-state index contributed by atoms with van der Waals surface area (Å²) < 4.78 is 40.8. The van der Waals surface area contributed by atoms with Crippen molar-refractivity contribution in [3.05, 3.63) is 83.9 Å². The maximum absolute atomic E-state index is 13.0. The summed E-state index contributed by atoms with van der Waals surface area (Å²) in [6.45, 7) is 0.317. The number of benzene rings is 2. The zero-order valence-electron chi connectivity index (χ0n) is 16.8. The van der Waals surface area contributed by atoms with Gasteiger partial charge in [-0.1, -0.05) is 66.7 Å². The van der Waals surface area contributed by atoms with Gasteiger partial charge in [0.25, 0.3) is 0 Å². The fourth-order valence-corrected chi connectivity index (χ4v) is 6.79. The van der Waals surface area contributed by atoms with Gasteiger partial charge < -0.3 is 14.8 Å². The Morgan fingerprint density at radius 1 is 1.10 bits per heavy atom. The third-order valence-corrected chi connectivity index (χ3v) is 8.13. The van der Waals surface area contributed by atoms with E-state index in [-0.39, 0.29) is 6.10 Å². The number of carbonyl (C=O) groups excluding carboxylic acids is 1. The molecule has 5 atom stereocenters. The van der Waals surface area contributed by atoms with Crippen LogP contribution in [0.3, 0.4) is 0 Å². The zero-order chi connectivity index (χ0) is 21.5. The van der Waals surface area contributed by atoms with E-state index in [9.17, 15) is 13.2 Å². The van der Waals surface area contributed by atoms with E-state index in [0.29, 0.717) is 19.4 Å². The molecule has 2 N–H and O–H groups in total. The number of hydrogen-bond acceptors (Lipinski definition) is 5. The molecule has 2 bridgehead atoms. The Labute approximate surface area is 181 Å². The van der Waals surface area contributed by atoms with Crippen LogP contribution in [-0.2, 0) is 32.5 Å². The molecule has 7 nitrogen and oxygen atoms in total. The second-order valence-electron chi connectivity index (χ2n) is 8.22. The van der Waals surface area contributed by atoms with Crippen LogP contribution < -0.4 is 10.0 Å². The van der Waals surface area contributed by atoms with Gasteiger partial charge in [0.05, 0.1) is 12.1 Å². The smallest absolute Gasteiger partial charge is 0.407 e. The molecular formula is C23H24N2O5S. The van der Waals surface area contributed by atoms with Crippen molar-refractivity contribution in [2.75, 3.05) is 0 Å². The van der Waals surface area contributed by atoms with Crippen LogP contribution in [0.15, 0.2) is 72.8 Å². The molecule has 162 valence electrons. The lowest BCUT2D eigenvalue weighted by molar-refractivity contribution is -0.0810. The summed E-state index contributed by atoms with van der Waals surface area (Å²) in [5.41, 5.74) is 0.719. The van der Waals surface area contributed by atoms with E-state index in [1.54, 1.807) is 6.08 Å². The number of amides is 1. The highest BCUT2D eigenvalue weighted by Crippen LogP contribution is 2.48. The molecule has 3 aliphatic heterocycles. The quantitative estimate of drug-likeness (QED) is 0.696. The van der Waals surface area contributed by atoms with Crippen molar-refractivity contribution in [3.8, 4) is 0 Å². The summed E-state index contributed by atoms with van der Waals surface area (Å²) in [6, 6.07) is 18.4. The summed E-state index contributed by atoms with van der Waals surface area (Å²) in [6.07, 6.45) is 2.71. The number of rotatable bonds is 5. The lowest BCUT2D eigenvalue weighted by Gasteiger charge is -2.45. The van der Waals surface area contributed by atoms with E-state index < -0.39 is 39.1 Å². The van der Waals surface area contributed by atoms with E-state index in [4.69, 9.17) is 9.47 Å². The monoisotopic (exact) mass is 440 g/mol. The first-order valence-corrected chi connectivity index (χ1v) is 11.9. The van der Waals surface area contributed by atoms with Crippen LogP contribution in [0, 0.1) is 0 Å². The van der Waals surface area contributed by atoms with Crippen molar-refractivity contribution in [2.45, 2.75) is 48.5 Å². The van der Waals surface area contributed by atoms with Crippen molar-refractivity contribution in [1.29, 1.82) is 0 Å². The number of nitrogens with one attached hydrogen (secondary N) is 2.